The Morgan fingerprint density at radius 1 is 1.40 bits per heavy atom. The van der Waals surface area contributed by atoms with Crippen molar-refractivity contribution in [1.29, 1.82) is 0 Å². The predicted molar refractivity (Wildman–Crippen MR) is 74.9 cm³/mol. The molecule has 110 valence electrons. The van der Waals surface area contributed by atoms with Gasteiger partial charge in [0.05, 0.1) is 24.8 Å². The van der Waals surface area contributed by atoms with Crippen LogP contribution < -0.4 is 5.32 Å². The summed E-state index contributed by atoms with van der Waals surface area (Å²) in [6.45, 7) is 5.93. The molecule has 20 heavy (non-hydrogen) atoms. The van der Waals surface area contributed by atoms with Crippen LogP contribution in [-0.4, -0.2) is 28.8 Å². The summed E-state index contributed by atoms with van der Waals surface area (Å²) < 4.78 is 5.31. The molecule has 1 saturated heterocycles. The summed E-state index contributed by atoms with van der Waals surface area (Å²) in [6.07, 6.45) is 3.44. The maximum Gasteiger partial charge on any atom is 0.247 e. The largest absolute Gasteiger partial charge is 0.468 e. The average molecular weight is 278 g/mol. The molecule has 0 aromatic carbocycles. The Labute approximate surface area is 119 Å². The Kier molecular flexibility index (Phi) is 4.60. The number of imide groups is 1. The number of hydrogen-bond donors (Lipinski definition) is 1. The number of carbonyl (C=O) groups is 2. The van der Waals surface area contributed by atoms with Gasteiger partial charge in [-0.1, -0.05) is 13.8 Å². The zero-order valence-electron chi connectivity index (χ0n) is 12.3. The lowest BCUT2D eigenvalue weighted by molar-refractivity contribution is -0.141. The van der Waals surface area contributed by atoms with Crippen LogP contribution >= 0.6 is 0 Å². The first kappa shape index (κ1) is 14.8. The topological polar surface area (TPSA) is 62.6 Å². The molecular formula is C15H22N2O3. The monoisotopic (exact) mass is 278 g/mol. The molecule has 1 aromatic rings. The summed E-state index contributed by atoms with van der Waals surface area (Å²) >= 11 is 0. The van der Waals surface area contributed by atoms with Gasteiger partial charge in [-0.25, -0.2) is 0 Å². The van der Waals surface area contributed by atoms with Crippen LogP contribution in [0.15, 0.2) is 22.8 Å². The molecule has 2 rings (SSSR count). The molecule has 5 heteroatoms. The highest BCUT2D eigenvalue weighted by Gasteiger charge is 2.41. The first-order valence-corrected chi connectivity index (χ1v) is 7.23. The molecule has 5 nitrogen and oxygen atoms in total. The lowest BCUT2D eigenvalue weighted by Crippen LogP contribution is -2.44. The Morgan fingerprint density at radius 3 is 2.65 bits per heavy atom. The van der Waals surface area contributed by atoms with Crippen LogP contribution in [0.3, 0.4) is 0 Å². The SMILES string of the molecule is CCC(CC)N1C(=O)CC(NC(C)c2ccco2)C1=O. The fraction of sp³-hybridized carbons (Fsp3) is 0.600. The molecule has 1 aliphatic heterocycles. The van der Waals surface area contributed by atoms with Gasteiger partial charge in [0.25, 0.3) is 0 Å². The van der Waals surface area contributed by atoms with Crippen LogP contribution in [0.2, 0.25) is 0 Å². The molecule has 2 heterocycles. The van der Waals surface area contributed by atoms with E-state index >= 15 is 0 Å². The minimum absolute atomic E-state index is 0.0146. The summed E-state index contributed by atoms with van der Waals surface area (Å²) in [7, 11) is 0. The molecule has 1 fully saturated rings. The second-order valence-electron chi connectivity index (χ2n) is 5.23. The lowest BCUT2D eigenvalue weighted by Gasteiger charge is -2.24. The van der Waals surface area contributed by atoms with Crippen molar-refractivity contribution in [3.8, 4) is 0 Å². The molecule has 2 atom stereocenters. The van der Waals surface area contributed by atoms with Crippen molar-refractivity contribution in [3.05, 3.63) is 24.2 Å². The van der Waals surface area contributed by atoms with Gasteiger partial charge in [-0.3, -0.25) is 19.8 Å². The van der Waals surface area contributed by atoms with Crippen LogP contribution in [0.5, 0.6) is 0 Å². The van der Waals surface area contributed by atoms with E-state index < -0.39 is 6.04 Å². The van der Waals surface area contributed by atoms with E-state index in [4.69, 9.17) is 4.42 Å². The highest BCUT2D eigenvalue weighted by molar-refractivity contribution is 6.05. The van der Waals surface area contributed by atoms with Gasteiger partial charge in [-0.2, -0.15) is 0 Å². The number of rotatable bonds is 6. The fourth-order valence-electron chi connectivity index (χ4n) is 2.74. The summed E-state index contributed by atoms with van der Waals surface area (Å²) in [6, 6.07) is 3.15. The van der Waals surface area contributed by atoms with Crippen molar-refractivity contribution in [3.63, 3.8) is 0 Å². The van der Waals surface area contributed by atoms with E-state index in [1.165, 1.54) is 4.90 Å². The lowest BCUT2D eigenvalue weighted by atomic mass is 10.1. The highest BCUT2D eigenvalue weighted by Crippen LogP contribution is 2.22. The first-order valence-electron chi connectivity index (χ1n) is 7.23. The molecule has 0 bridgehead atoms. The van der Waals surface area contributed by atoms with E-state index in [2.05, 4.69) is 5.32 Å². The third-order valence-corrected chi connectivity index (χ3v) is 3.91. The number of amides is 2. The maximum atomic E-state index is 12.4. The number of carbonyl (C=O) groups excluding carboxylic acids is 2. The molecule has 2 unspecified atom stereocenters. The van der Waals surface area contributed by atoms with Gasteiger partial charge >= 0.3 is 0 Å². The van der Waals surface area contributed by atoms with E-state index in [1.807, 2.05) is 32.9 Å². The number of likely N-dealkylation sites (tertiary alicyclic amines) is 1. The van der Waals surface area contributed by atoms with Crippen LogP contribution in [0.25, 0.3) is 0 Å². The number of hydrogen-bond acceptors (Lipinski definition) is 4. The van der Waals surface area contributed by atoms with Crippen molar-refractivity contribution in [1.82, 2.24) is 10.2 Å². The van der Waals surface area contributed by atoms with Crippen LogP contribution in [0.1, 0.15) is 51.8 Å². The number of furan rings is 1. The Morgan fingerprint density at radius 2 is 2.10 bits per heavy atom. The maximum absolute atomic E-state index is 12.4. The molecular weight excluding hydrogens is 256 g/mol. The number of nitrogens with zero attached hydrogens (tertiary/aromatic N) is 1. The van der Waals surface area contributed by atoms with E-state index in [0.29, 0.717) is 0 Å². The molecule has 0 spiro atoms. The van der Waals surface area contributed by atoms with Gasteiger partial charge in [-0.05, 0) is 31.9 Å². The van der Waals surface area contributed by atoms with Crippen molar-refractivity contribution >= 4 is 11.8 Å². The average Bonchev–Trinajstić information content (AvgIpc) is 3.04. The quantitative estimate of drug-likeness (QED) is 0.811. The zero-order chi connectivity index (χ0) is 14.7. The predicted octanol–water partition coefficient (Wildman–Crippen LogP) is 2.25. The van der Waals surface area contributed by atoms with E-state index in [9.17, 15) is 9.59 Å². The fourth-order valence-corrected chi connectivity index (χ4v) is 2.74. The standard InChI is InChI=1S/C15H22N2O3/c1-4-11(5-2)17-14(18)9-12(15(17)19)16-10(3)13-7-6-8-20-13/h6-8,10-12,16H,4-5,9H2,1-3H3. The van der Waals surface area contributed by atoms with Crippen molar-refractivity contribution in [2.24, 2.45) is 0 Å². The third-order valence-electron chi connectivity index (χ3n) is 3.91. The normalized spacial score (nSPS) is 21.0. The summed E-state index contributed by atoms with van der Waals surface area (Å²) in [4.78, 5) is 25.9. The summed E-state index contributed by atoms with van der Waals surface area (Å²) in [5.41, 5.74) is 0. The van der Waals surface area contributed by atoms with Gasteiger partial charge in [-0.15, -0.1) is 0 Å². The Bertz CT molecular complexity index is 465. The molecule has 1 aromatic heterocycles. The van der Waals surface area contributed by atoms with Crippen molar-refractivity contribution < 1.29 is 14.0 Å². The van der Waals surface area contributed by atoms with Gasteiger partial charge < -0.3 is 4.42 Å². The zero-order valence-corrected chi connectivity index (χ0v) is 12.3. The minimum Gasteiger partial charge on any atom is -0.468 e. The molecule has 0 radical (unpaired) electrons. The second kappa shape index (κ2) is 6.22. The van der Waals surface area contributed by atoms with Crippen molar-refractivity contribution in [2.45, 2.75) is 58.2 Å². The van der Waals surface area contributed by atoms with E-state index in [-0.39, 0.29) is 30.3 Å². The summed E-state index contributed by atoms with van der Waals surface area (Å²) in [5, 5.41) is 3.19. The first-order chi connectivity index (χ1) is 9.58. The van der Waals surface area contributed by atoms with Gasteiger partial charge in [0.15, 0.2) is 0 Å². The van der Waals surface area contributed by atoms with Crippen LogP contribution in [0, 0.1) is 0 Å². The third kappa shape index (κ3) is 2.77. The Hall–Kier alpha value is -1.62. The second-order valence-corrected chi connectivity index (χ2v) is 5.23. The molecule has 1 N–H and O–H groups in total. The van der Waals surface area contributed by atoms with Gasteiger partial charge in [0.1, 0.15) is 5.76 Å². The number of nitrogens with one attached hydrogen (secondary N) is 1. The van der Waals surface area contributed by atoms with Crippen LogP contribution in [0.4, 0.5) is 0 Å². The van der Waals surface area contributed by atoms with Crippen molar-refractivity contribution in [2.75, 3.05) is 0 Å². The molecule has 0 aliphatic carbocycles. The van der Waals surface area contributed by atoms with Gasteiger partial charge in [0.2, 0.25) is 11.8 Å². The molecule has 0 saturated carbocycles. The van der Waals surface area contributed by atoms with Crippen LogP contribution in [-0.2, 0) is 9.59 Å². The molecule has 2 amide bonds. The minimum atomic E-state index is -0.441. The highest BCUT2D eigenvalue weighted by atomic mass is 16.3. The smallest absolute Gasteiger partial charge is 0.247 e. The van der Waals surface area contributed by atoms with E-state index in [0.717, 1.165) is 18.6 Å². The summed E-state index contributed by atoms with van der Waals surface area (Å²) in [5.74, 6) is 0.584. The Balaban J connectivity index is 2.04. The van der Waals surface area contributed by atoms with Gasteiger partial charge in [0, 0.05) is 6.04 Å². The molecule has 1 aliphatic rings. The van der Waals surface area contributed by atoms with E-state index in [1.54, 1.807) is 6.26 Å².